The Morgan fingerprint density at radius 1 is 1.46 bits per heavy atom. The van der Waals surface area contributed by atoms with Crippen LogP contribution in [0.3, 0.4) is 0 Å². The van der Waals surface area contributed by atoms with Gasteiger partial charge in [0.2, 0.25) is 0 Å². The number of imide groups is 1. The van der Waals surface area contributed by atoms with Crippen LogP contribution in [-0.2, 0) is 19.1 Å². The van der Waals surface area contributed by atoms with E-state index in [1.54, 1.807) is 26.0 Å². The lowest BCUT2D eigenvalue weighted by atomic mass is 9.99. The highest BCUT2D eigenvalue weighted by Gasteiger charge is 2.47. The van der Waals surface area contributed by atoms with Gasteiger partial charge >= 0.3 is 12.0 Å². The molecule has 2 heterocycles. The quantitative estimate of drug-likeness (QED) is 0.435. The number of anilines is 1. The summed E-state index contributed by atoms with van der Waals surface area (Å²) < 4.78 is 5.00. The summed E-state index contributed by atoms with van der Waals surface area (Å²) in [7, 11) is 0. The van der Waals surface area contributed by atoms with Gasteiger partial charge in [0.05, 0.1) is 5.69 Å². The molecule has 9 nitrogen and oxygen atoms in total. The second kappa shape index (κ2) is 7.69. The van der Waals surface area contributed by atoms with Crippen molar-refractivity contribution in [1.29, 1.82) is 0 Å². The third kappa shape index (κ3) is 4.10. The van der Waals surface area contributed by atoms with Crippen LogP contribution in [0.5, 0.6) is 0 Å². The smallest absolute Gasteiger partial charge is 0.327 e. The highest BCUT2D eigenvalue weighted by atomic mass is 35.5. The minimum Gasteiger partial charge on any atom is -0.451 e. The first kappa shape index (κ1) is 19.6. The fourth-order valence-electron chi connectivity index (χ4n) is 2.26. The maximum atomic E-state index is 12.2. The molecule has 10 heteroatoms. The topological polar surface area (TPSA) is 118 Å². The Labute approximate surface area is 155 Å². The zero-order chi connectivity index (χ0) is 19.5. The van der Waals surface area contributed by atoms with E-state index in [2.05, 4.69) is 15.6 Å². The minimum absolute atomic E-state index is 0.0950. The maximum absolute atomic E-state index is 12.2. The second-order valence-electron chi connectivity index (χ2n) is 5.97. The standard InChI is InChI=1S/C16H19ClN4O5/c1-4-16(3)14(24)21(15(25)20-16)8-11(22)26-9(2)13(23)19-10-6-5-7-18-12(10)17/h5-7,9H,4,8H2,1-3H3,(H,19,23)(H,20,25)/t9-,16-/m0/s1. The number of carbonyl (C=O) groups excluding carboxylic acids is 4. The van der Waals surface area contributed by atoms with E-state index in [1.165, 1.54) is 13.1 Å². The molecule has 1 saturated heterocycles. The first-order valence-corrected chi connectivity index (χ1v) is 8.30. The molecule has 26 heavy (non-hydrogen) atoms. The fraction of sp³-hybridized carbons (Fsp3) is 0.438. The molecular formula is C16H19ClN4O5. The van der Waals surface area contributed by atoms with E-state index in [4.69, 9.17) is 16.3 Å². The van der Waals surface area contributed by atoms with Gasteiger partial charge in [-0.25, -0.2) is 9.78 Å². The highest BCUT2D eigenvalue weighted by Crippen LogP contribution is 2.21. The van der Waals surface area contributed by atoms with Gasteiger partial charge in [-0.1, -0.05) is 18.5 Å². The predicted molar refractivity (Wildman–Crippen MR) is 92.4 cm³/mol. The summed E-state index contributed by atoms with van der Waals surface area (Å²) >= 11 is 5.84. The van der Waals surface area contributed by atoms with Crippen LogP contribution >= 0.6 is 11.6 Å². The van der Waals surface area contributed by atoms with Gasteiger partial charge in [0.1, 0.15) is 12.1 Å². The second-order valence-corrected chi connectivity index (χ2v) is 6.33. The summed E-state index contributed by atoms with van der Waals surface area (Å²) in [6, 6.07) is 2.46. The molecule has 2 rings (SSSR count). The molecule has 0 unspecified atom stereocenters. The summed E-state index contributed by atoms with van der Waals surface area (Å²) in [4.78, 5) is 52.8. The summed E-state index contributed by atoms with van der Waals surface area (Å²) in [5, 5.41) is 5.10. The number of pyridine rings is 1. The Morgan fingerprint density at radius 3 is 2.73 bits per heavy atom. The molecule has 1 aromatic heterocycles. The van der Waals surface area contributed by atoms with E-state index in [0.717, 1.165) is 4.90 Å². The molecule has 140 valence electrons. The molecule has 0 bridgehead atoms. The summed E-state index contributed by atoms with van der Waals surface area (Å²) in [5.41, 5.74) is -0.771. The molecular weight excluding hydrogens is 364 g/mol. The molecule has 1 fully saturated rings. The summed E-state index contributed by atoms with van der Waals surface area (Å²) in [6.07, 6.45) is 0.689. The van der Waals surface area contributed by atoms with Gasteiger partial charge in [-0.05, 0) is 32.4 Å². The van der Waals surface area contributed by atoms with Crippen molar-refractivity contribution < 1.29 is 23.9 Å². The van der Waals surface area contributed by atoms with Gasteiger partial charge in [0.15, 0.2) is 11.3 Å². The van der Waals surface area contributed by atoms with Crippen molar-refractivity contribution in [2.45, 2.75) is 38.8 Å². The average Bonchev–Trinajstić information content (AvgIpc) is 2.80. The first-order chi connectivity index (χ1) is 12.2. The molecule has 0 aliphatic carbocycles. The first-order valence-electron chi connectivity index (χ1n) is 7.93. The van der Waals surface area contributed by atoms with Crippen LogP contribution in [-0.4, -0.2) is 51.9 Å². The lowest BCUT2D eigenvalue weighted by Gasteiger charge is -2.19. The van der Waals surface area contributed by atoms with Crippen LogP contribution in [0, 0.1) is 0 Å². The molecule has 0 aromatic carbocycles. The monoisotopic (exact) mass is 382 g/mol. The predicted octanol–water partition coefficient (Wildman–Crippen LogP) is 1.33. The van der Waals surface area contributed by atoms with E-state index < -0.39 is 42.0 Å². The van der Waals surface area contributed by atoms with Gasteiger partial charge in [-0.2, -0.15) is 0 Å². The van der Waals surface area contributed by atoms with Gasteiger partial charge in [0, 0.05) is 6.20 Å². The fourth-order valence-corrected chi connectivity index (χ4v) is 2.43. The molecule has 0 saturated carbocycles. The molecule has 0 radical (unpaired) electrons. The third-order valence-corrected chi connectivity index (χ3v) is 4.34. The van der Waals surface area contributed by atoms with Gasteiger partial charge in [0.25, 0.3) is 11.8 Å². The van der Waals surface area contributed by atoms with Crippen molar-refractivity contribution in [1.82, 2.24) is 15.2 Å². The van der Waals surface area contributed by atoms with Crippen LogP contribution in [0.4, 0.5) is 10.5 Å². The van der Waals surface area contributed by atoms with Crippen molar-refractivity contribution in [2.75, 3.05) is 11.9 Å². The molecule has 2 atom stereocenters. The molecule has 2 N–H and O–H groups in total. The zero-order valence-electron chi connectivity index (χ0n) is 14.5. The van der Waals surface area contributed by atoms with E-state index >= 15 is 0 Å². The van der Waals surface area contributed by atoms with Gasteiger partial charge in [-0.15, -0.1) is 0 Å². The van der Waals surface area contributed by atoms with Crippen LogP contribution in [0.25, 0.3) is 0 Å². The third-order valence-electron chi connectivity index (χ3n) is 4.03. The van der Waals surface area contributed by atoms with Crippen molar-refractivity contribution in [2.24, 2.45) is 0 Å². The van der Waals surface area contributed by atoms with Crippen molar-refractivity contribution in [3.8, 4) is 0 Å². The number of carbonyl (C=O) groups is 4. The van der Waals surface area contributed by atoms with E-state index in [0.29, 0.717) is 6.42 Å². The number of halogens is 1. The lowest BCUT2D eigenvalue weighted by Crippen LogP contribution is -2.44. The number of urea groups is 1. The van der Waals surface area contributed by atoms with Crippen LogP contribution in [0.15, 0.2) is 18.3 Å². The Balaban J connectivity index is 1.93. The average molecular weight is 383 g/mol. The Hall–Kier alpha value is -2.68. The van der Waals surface area contributed by atoms with E-state index in [1.807, 2.05) is 0 Å². The Morgan fingerprint density at radius 2 is 2.15 bits per heavy atom. The Kier molecular flexibility index (Phi) is 5.81. The van der Waals surface area contributed by atoms with Crippen molar-refractivity contribution in [3.05, 3.63) is 23.5 Å². The minimum atomic E-state index is -1.16. The summed E-state index contributed by atoms with van der Waals surface area (Å²) in [5.74, 6) is -2.01. The lowest BCUT2D eigenvalue weighted by molar-refractivity contribution is -0.155. The number of ether oxygens (including phenoxy) is 1. The normalized spacial score (nSPS) is 20.5. The number of rotatable bonds is 6. The van der Waals surface area contributed by atoms with Gasteiger partial charge < -0.3 is 15.4 Å². The number of hydrogen-bond donors (Lipinski definition) is 2. The largest absolute Gasteiger partial charge is 0.451 e. The number of amides is 4. The zero-order valence-corrected chi connectivity index (χ0v) is 15.3. The number of nitrogens with one attached hydrogen (secondary N) is 2. The van der Waals surface area contributed by atoms with Crippen LogP contribution < -0.4 is 10.6 Å². The molecule has 1 aromatic rings. The number of esters is 1. The molecule has 1 aliphatic rings. The summed E-state index contributed by atoms with van der Waals surface area (Å²) in [6.45, 7) is 4.10. The van der Waals surface area contributed by atoms with E-state index in [-0.39, 0.29) is 10.8 Å². The maximum Gasteiger partial charge on any atom is 0.327 e. The number of nitrogens with zero attached hydrogens (tertiary/aromatic N) is 2. The molecule has 1 aliphatic heterocycles. The van der Waals surface area contributed by atoms with E-state index in [9.17, 15) is 19.2 Å². The molecule has 4 amide bonds. The van der Waals surface area contributed by atoms with Crippen molar-refractivity contribution in [3.63, 3.8) is 0 Å². The Bertz CT molecular complexity index is 756. The van der Waals surface area contributed by atoms with Crippen LogP contribution in [0.2, 0.25) is 5.15 Å². The number of aromatic nitrogens is 1. The van der Waals surface area contributed by atoms with Gasteiger partial charge in [-0.3, -0.25) is 19.3 Å². The molecule has 0 spiro atoms. The SMILES string of the molecule is CC[C@]1(C)NC(=O)N(CC(=O)O[C@@H](C)C(=O)Nc2cccnc2Cl)C1=O. The van der Waals surface area contributed by atoms with Crippen LogP contribution in [0.1, 0.15) is 27.2 Å². The number of hydrogen-bond acceptors (Lipinski definition) is 6. The highest BCUT2D eigenvalue weighted by molar-refractivity contribution is 6.32. The van der Waals surface area contributed by atoms with Crippen molar-refractivity contribution >= 4 is 41.1 Å².